The van der Waals surface area contributed by atoms with Crippen LogP contribution in [0, 0.1) is 0 Å². The summed E-state index contributed by atoms with van der Waals surface area (Å²) in [5.74, 6) is 0. The van der Waals surface area contributed by atoms with Crippen LogP contribution in [0.2, 0.25) is 0 Å². The van der Waals surface area contributed by atoms with Crippen LogP contribution in [-0.2, 0) is 0 Å². The third-order valence-corrected chi connectivity index (χ3v) is 2.56. The Kier molecular flexibility index (Phi) is 4.56. The molecule has 82 valence electrons. The molecule has 0 heterocycles. The number of anilines is 1. The summed E-state index contributed by atoms with van der Waals surface area (Å²) in [6.07, 6.45) is 1.09. The summed E-state index contributed by atoms with van der Waals surface area (Å²) < 4.78 is 0. The van der Waals surface area contributed by atoms with E-state index in [1.165, 1.54) is 5.69 Å². The Morgan fingerprint density at radius 3 is 2.33 bits per heavy atom. The molecule has 0 amide bonds. The lowest BCUT2D eigenvalue weighted by Gasteiger charge is -2.13. The molecule has 1 aromatic rings. The van der Waals surface area contributed by atoms with Gasteiger partial charge in [-0.05, 0) is 30.7 Å². The summed E-state index contributed by atoms with van der Waals surface area (Å²) in [5, 5.41) is 3.22. The quantitative estimate of drug-likeness (QED) is 0.788. The van der Waals surface area contributed by atoms with E-state index in [2.05, 4.69) is 41.4 Å². The van der Waals surface area contributed by atoms with Crippen molar-refractivity contribution in [1.29, 1.82) is 0 Å². The summed E-state index contributed by atoms with van der Waals surface area (Å²) in [5.41, 5.74) is 2.28. The molecule has 2 nitrogen and oxygen atoms in total. The third-order valence-electron chi connectivity index (χ3n) is 2.18. The lowest BCUT2D eigenvalue weighted by Crippen LogP contribution is -2.22. The highest BCUT2D eigenvalue weighted by atomic mass is 32.1. The second kappa shape index (κ2) is 5.71. The average molecular weight is 222 g/mol. The van der Waals surface area contributed by atoms with Gasteiger partial charge in [-0.15, -0.1) is 0 Å². The topological polar surface area (TPSA) is 15.3 Å². The van der Waals surface area contributed by atoms with Crippen molar-refractivity contribution in [2.75, 3.05) is 25.5 Å². The molecule has 0 radical (unpaired) electrons. The second-order valence-electron chi connectivity index (χ2n) is 3.70. The van der Waals surface area contributed by atoms with Crippen molar-refractivity contribution in [3.63, 3.8) is 0 Å². The summed E-state index contributed by atoms with van der Waals surface area (Å²) in [4.78, 5) is 2.91. The predicted molar refractivity (Wildman–Crippen MR) is 70.8 cm³/mol. The molecule has 15 heavy (non-hydrogen) atoms. The van der Waals surface area contributed by atoms with Gasteiger partial charge in [0.1, 0.15) is 4.99 Å². The number of hydrogen-bond acceptors (Lipinski definition) is 2. The first kappa shape index (κ1) is 12.0. The highest BCUT2D eigenvalue weighted by molar-refractivity contribution is 7.80. The van der Waals surface area contributed by atoms with Crippen LogP contribution >= 0.6 is 12.2 Å². The molecular formula is C12H18N2S. The van der Waals surface area contributed by atoms with Crippen LogP contribution in [0.5, 0.6) is 0 Å². The number of nitrogens with zero attached hydrogens (tertiary/aromatic N) is 1. The fourth-order valence-corrected chi connectivity index (χ4v) is 1.49. The van der Waals surface area contributed by atoms with Gasteiger partial charge in [0.2, 0.25) is 0 Å². The summed E-state index contributed by atoms with van der Waals surface area (Å²) in [7, 11) is 4.06. The maximum absolute atomic E-state index is 5.27. The summed E-state index contributed by atoms with van der Waals surface area (Å²) >= 11 is 5.27. The Morgan fingerprint density at radius 2 is 1.87 bits per heavy atom. The van der Waals surface area contributed by atoms with Crippen LogP contribution in [0.25, 0.3) is 0 Å². The molecule has 0 aliphatic rings. The first-order valence-corrected chi connectivity index (χ1v) is 5.61. The predicted octanol–water partition coefficient (Wildman–Crippen LogP) is 2.43. The van der Waals surface area contributed by atoms with Crippen LogP contribution < -0.4 is 10.2 Å². The van der Waals surface area contributed by atoms with Gasteiger partial charge in [0.15, 0.2) is 0 Å². The molecule has 0 bridgehead atoms. The normalized spacial score (nSPS) is 9.80. The van der Waals surface area contributed by atoms with Gasteiger partial charge >= 0.3 is 0 Å². The van der Waals surface area contributed by atoms with Crippen LogP contribution in [0.4, 0.5) is 5.69 Å². The van der Waals surface area contributed by atoms with Crippen molar-refractivity contribution >= 4 is 22.9 Å². The highest BCUT2D eigenvalue weighted by Crippen LogP contribution is 2.12. The van der Waals surface area contributed by atoms with Crippen molar-refractivity contribution in [2.24, 2.45) is 0 Å². The van der Waals surface area contributed by atoms with Gasteiger partial charge in [-0.3, -0.25) is 0 Å². The van der Waals surface area contributed by atoms with Crippen molar-refractivity contribution in [1.82, 2.24) is 5.32 Å². The van der Waals surface area contributed by atoms with E-state index in [0.29, 0.717) is 0 Å². The number of rotatable bonds is 4. The van der Waals surface area contributed by atoms with Crippen molar-refractivity contribution in [3.05, 3.63) is 29.8 Å². The summed E-state index contributed by atoms with van der Waals surface area (Å²) in [6, 6.07) is 8.27. The van der Waals surface area contributed by atoms with Crippen molar-refractivity contribution in [2.45, 2.75) is 13.3 Å². The van der Waals surface area contributed by atoms with Crippen LogP contribution in [0.3, 0.4) is 0 Å². The Balaban J connectivity index is 2.67. The molecule has 0 saturated carbocycles. The van der Waals surface area contributed by atoms with Gasteiger partial charge in [-0.25, -0.2) is 0 Å². The van der Waals surface area contributed by atoms with Gasteiger partial charge < -0.3 is 10.2 Å². The average Bonchev–Trinajstić information content (AvgIpc) is 2.26. The molecule has 1 rings (SSSR count). The first-order valence-electron chi connectivity index (χ1n) is 5.20. The minimum Gasteiger partial charge on any atom is -0.378 e. The Morgan fingerprint density at radius 1 is 1.27 bits per heavy atom. The molecule has 1 aromatic carbocycles. The largest absolute Gasteiger partial charge is 0.378 e. The zero-order chi connectivity index (χ0) is 11.3. The lowest BCUT2D eigenvalue weighted by molar-refractivity contribution is 0.848. The van der Waals surface area contributed by atoms with Crippen molar-refractivity contribution < 1.29 is 0 Å². The highest BCUT2D eigenvalue weighted by Gasteiger charge is 2.00. The third kappa shape index (κ3) is 3.51. The zero-order valence-corrected chi connectivity index (χ0v) is 10.4. The summed E-state index contributed by atoms with van der Waals surface area (Å²) in [6.45, 7) is 3.07. The molecule has 0 saturated heterocycles. The van der Waals surface area contributed by atoms with Crippen LogP contribution in [-0.4, -0.2) is 25.6 Å². The fourth-order valence-electron chi connectivity index (χ4n) is 1.25. The fraction of sp³-hybridized carbons (Fsp3) is 0.417. The molecule has 0 aromatic heterocycles. The van der Waals surface area contributed by atoms with E-state index in [4.69, 9.17) is 12.2 Å². The maximum atomic E-state index is 5.27. The smallest absolute Gasteiger partial charge is 0.106 e. The van der Waals surface area contributed by atoms with E-state index in [1.54, 1.807) is 0 Å². The molecule has 1 N–H and O–H groups in total. The first-order chi connectivity index (χ1) is 7.15. The molecule has 0 spiro atoms. The van der Waals surface area contributed by atoms with E-state index in [1.807, 2.05) is 14.1 Å². The molecule has 3 heteroatoms. The Hall–Kier alpha value is -1.09. The van der Waals surface area contributed by atoms with E-state index >= 15 is 0 Å². The molecule has 0 atom stereocenters. The molecule has 0 unspecified atom stereocenters. The van der Waals surface area contributed by atoms with E-state index < -0.39 is 0 Å². The molecule has 0 fully saturated rings. The second-order valence-corrected chi connectivity index (χ2v) is 4.11. The molecule has 0 aliphatic heterocycles. The standard InChI is InChI=1S/C12H18N2S/c1-4-9-13-12(15)10-5-7-11(8-6-10)14(2)3/h5-8H,4,9H2,1-3H3,(H,13,15). The minimum atomic E-state index is 0.835. The monoisotopic (exact) mass is 222 g/mol. The van der Waals surface area contributed by atoms with Gasteiger partial charge in [0.05, 0.1) is 0 Å². The van der Waals surface area contributed by atoms with Gasteiger partial charge in [0, 0.05) is 31.9 Å². The van der Waals surface area contributed by atoms with E-state index in [9.17, 15) is 0 Å². The minimum absolute atomic E-state index is 0.835. The number of nitrogens with one attached hydrogen (secondary N) is 1. The lowest BCUT2D eigenvalue weighted by atomic mass is 10.2. The van der Waals surface area contributed by atoms with Gasteiger partial charge in [-0.2, -0.15) is 0 Å². The van der Waals surface area contributed by atoms with Crippen LogP contribution in [0.15, 0.2) is 24.3 Å². The number of thiocarbonyl (C=S) groups is 1. The van der Waals surface area contributed by atoms with Crippen LogP contribution in [0.1, 0.15) is 18.9 Å². The SMILES string of the molecule is CCCNC(=S)c1ccc(N(C)C)cc1. The maximum Gasteiger partial charge on any atom is 0.106 e. The van der Waals surface area contributed by atoms with Gasteiger partial charge in [-0.1, -0.05) is 19.1 Å². The Labute approximate surface area is 97.3 Å². The number of benzene rings is 1. The van der Waals surface area contributed by atoms with Gasteiger partial charge in [0.25, 0.3) is 0 Å². The number of hydrogen-bond donors (Lipinski definition) is 1. The van der Waals surface area contributed by atoms with Crippen molar-refractivity contribution in [3.8, 4) is 0 Å². The molecule has 0 aliphatic carbocycles. The van der Waals surface area contributed by atoms with E-state index in [-0.39, 0.29) is 0 Å². The zero-order valence-electron chi connectivity index (χ0n) is 9.58. The van der Waals surface area contributed by atoms with E-state index in [0.717, 1.165) is 23.5 Å². The molecular weight excluding hydrogens is 204 g/mol. The Bertz CT molecular complexity index is 317.